The van der Waals surface area contributed by atoms with Crippen molar-refractivity contribution in [3.63, 3.8) is 0 Å². The summed E-state index contributed by atoms with van der Waals surface area (Å²) >= 11 is 6.05. The van der Waals surface area contributed by atoms with Crippen molar-refractivity contribution >= 4 is 35.5 Å². The van der Waals surface area contributed by atoms with Crippen molar-refractivity contribution in [1.29, 1.82) is 0 Å². The van der Waals surface area contributed by atoms with Gasteiger partial charge in [-0.3, -0.25) is 14.4 Å². The van der Waals surface area contributed by atoms with Crippen LogP contribution in [0.15, 0.2) is 24.3 Å². The molecule has 0 bridgehead atoms. The minimum absolute atomic E-state index is 0.00380. The maximum Gasteiger partial charge on any atom is 0.315 e. The number of carboxylic acid groups (broad SMARTS) is 1. The number of nitrogens with one attached hydrogen (secondary N) is 2. The number of carbonyl (C=O) groups is 4. The Morgan fingerprint density at radius 3 is 2.32 bits per heavy atom. The lowest BCUT2D eigenvalue weighted by atomic mass is 9.70. The Labute approximate surface area is 224 Å². The molecular weight excluding hydrogens is 498 g/mol. The predicted molar refractivity (Wildman–Crippen MR) is 141 cm³/mol. The summed E-state index contributed by atoms with van der Waals surface area (Å²) in [6.07, 6.45) is 0.230. The number of benzene rings is 1. The van der Waals surface area contributed by atoms with Gasteiger partial charge in [-0.1, -0.05) is 51.4 Å². The van der Waals surface area contributed by atoms with Gasteiger partial charge in [0.05, 0.1) is 19.4 Å². The Bertz CT molecular complexity index is 977. The van der Waals surface area contributed by atoms with E-state index in [1.807, 2.05) is 43.0 Å². The van der Waals surface area contributed by atoms with Gasteiger partial charge in [-0.2, -0.15) is 0 Å². The molecule has 2 atom stereocenters. The van der Waals surface area contributed by atoms with E-state index in [4.69, 9.17) is 21.4 Å². The first-order valence-electron chi connectivity index (χ1n) is 12.6. The maximum absolute atomic E-state index is 13.5. The van der Waals surface area contributed by atoms with Crippen molar-refractivity contribution in [1.82, 2.24) is 15.5 Å². The summed E-state index contributed by atoms with van der Waals surface area (Å²) in [7, 11) is 0. The van der Waals surface area contributed by atoms with Gasteiger partial charge in [0.25, 0.3) is 0 Å². The van der Waals surface area contributed by atoms with Crippen LogP contribution in [-0.2, 0) is 19.1 Å². The number of nitrogens with zero attached hydrogens (tertiary/aromatic N) is 1. The number of ether oxygens (including phenoxy) is 1. The number of amides is 3. The molecule has 1 fully saturated rings. The monoisotopic (exact) mass is 537 g/mol. The van der Waals surface area contributed by atoms with Gasteiger partial charge in [-0.15, -0.1) is 0 Å². The molecule has 1 aromatic carbocycles. The number of hydrogen-bond acceptors (Lipinski definition) is 5. The van der Waals surface area contributed by atoms with E-state index in [0.717, 1.165) is 6.42 Å². The molecule has 2 unspecified atom stereocenters. The van der Waals surface area contributed by atoms with E-state index < -0.39 is 29.6 Å². The Balaban J connectivity index is 1.96. The van der Waals surface area contributed by atoms with E-state index in [1.54, 1.807) is 13.8 Å². The fourth-order valence-electron chi connectivity index (χ4n) is 4.66. The second-order valence-corrected chi connectivity index (χ2v) is 11.8. The number of hydrogen-bond donors (Lipinski definition) is 3. The Morgan fingerprint density at radius 2 is 1.78 bits per heavy atom. The van der Waals surface area contributed by atoms with E-state index in [1.165, 1.54) is 5.56 Å². The van der Waals surface area contributed by atoms with Crippen LogP contribution in [0.2, 0.25) is 5.02 Å². The van der Waals surface area contributed by atoms with Crippen molar-refractivity contribution in [3.8, 4) is 0 Å². The standard InChI is InChI=1S/C27H40ClN3O6/c1-17(2)23(30-25(36)29-15-27(5,6)37-22(34)12-11-21(32)33)24(35)31-14-13-20(26(3,4)16-31)18-7-9-19(28)10-8-18/h7-10,17,20,23H,11-16H2,1-6H3,(H,32,33)(H2,29,30,36). The molecule has 1 saturated heterocycles. The molecule has 3 amide bonds. The van der Waals surface area contributed by atoms with E-state index >= 15 is 0 Å². The highest BCUT2D eigenvalue weighted by Gasteiger charge is 2.40. The summed E-state index contributed by atoms with van der Waals surface area (Å²) < 4.78 is 5.28. The van der Waals surface area contributed by atoms with E-state index in [0.29, 0.717) is 18.1 Å². The SMILES string of the molecule is CC(C)C(NC(=O)NCC(C)(C)OC(=O)CCC(=O)O)C(=O)N1CCC(c2ccc(Cl)cc2)C(C)(C)C1. The molecule has 1 aliphatic rings. The summed E-state index contributed by atoms with van der Waals surface area (Å²) in [6, 6.07) is 6.60. The number of aliphatic carboxylic acids is 1. The Hall–Kier alpha value is -2.81. The lowest BCUT2D eigenvalue weighted by Crippen LogP contribution is -2.58. The highest BCUT2D eigenvalue weighted by atomic mass is 35.5. The number of carbonyl (C=O) groups excluding carboxylic acids is 3. The van der Waals surface area contributed by atoms with Crippen LogP contribution in [0, 0.1) is 11.3 Å². The summed E-state index contributed by atoms with van der Waals surface area (Å²) in [5.41, 5.74) is -0.0107. The van der Waals surface area contributed by atoms with E-state index in [9.17, 15) is 19.2 Å². The third-order valence-electron chi connectivity index (χ3n) is 6.64. The number of rotatable bonds is 10. The molecule has 10 heteroatoms. The lowest BCUT2D eigenvalue weighted by molar-refractivity contribution is -0.158. The highest BCUT2D eigenvalue weighted by molar-refractivity contribution is 6.30. The maximum atomic E-state index is 13.5. The van der Waals surface area contributed by atoms with Crippen molar-refractivity contribution in [3.05, 3.63) is 34.9 Å². The fraction of sp³-hybridized carbons (Fsp3) is 0.630. The first kappa shape index (κ1) is 30.4. The van der Waals surface area contributed by atoms with Crippen molar-refractivity contribution in [2.45, 2.75) is 78.4 Å². The van der Waals surface area contributed by atoms with Gasteiger partial charge < -0.3 is 25.4 Å². The van der Waals surface area contributed by atoms with Crippen LogP contribution in [0.3, 0.4) is 0 Å². The third kappa shape index (κ3) is 9.22. The molecular formula is C27H40ClN3O6. The number of likely N-dealkylation sites (tertiary alicyclic amines) is 1. The van der Waals surface area contributed by atoms with Crippen molar-refractivity contribution in [2.75, 3.05) is 19.6 Å². The molecule has 1 aromatic rings. The first-order valence-corrected chi connectivity index (χ1v) is 13.0. The summed E-state index contributed by atoms with van der Waals surface area (Å²) in [6.45, 7) is 12.4. The number of urea groups is 1. The largest absolute Gasteiger partial charge is 0.481 e. The van der Waals surface area contributed by atoms with Crippen LogP contribution in [0.1, 0.15) is 72.3 Å². The highest BCUT2D eigenvalue weighted by Crippen LogP contribution is 2.42. The molecule has 37 heavy (non-hydrogen) atoms. The van der Waals surface area contributed by atoms with E-state index in [2.05, 4.69) is 24.5 Å². The van der Waals surface area contributed by atoms with Crippen LogP contribution >= 0.6 is 11.6 Å². The topological polar surface area (TPSA) is 125 Å². The second-order valence-electron chi connectivity index (χ2n) is 11.3. The van der Waals surface area contributed by atoms with Crippen LogP contribution in [0.25, 0.3) is 0 Å². The molecule has 0 saturated carbocycles. The molecule has 0 spiro atoms. The summed E-state index contributed by atoms with van der Waals surface area (Å²) in [4.78, 5) is 50.4. The normalized spacial score (nSPS) is 18.2. The molecule has 9 nitrogen and oxygen atoms in total. The lowest BCUT2D eigenvalue weighted by Gasteiger charge is -2.45. The fourth-order valence-corrected chi connectivity index (χ4v) is 4.78. The Kier molecular flexibility index (Phi) is 10.4. The Morgan fingerprint density at radius 1 is 1.16 bits per heavy atom. The minimum atomic E-state index is -1.09. The zero-order chi connectivity index (χ0) is 28.0. The first-order chi connectivity index (χ1) is 17.1. The van der Waals surface area contributed by atoms with Crippen LogP contribution in [0.5, 0.6) is 0 Å². The molecule has 206 valence electrons. The van der Waals surface area contributed by atoms with Gasteiger partial charge >= 0.3 is 18.0 Å². The number of halogens is 1. The van der Waals surface area contributed by atoms with Gasteiger partial charge in [-0.05, 0) is 55.2 Å². The van der Waals surface area contributed by atoms with Crippen LogP contribution in [0.4, 0.5) is 4.79 Å². The summed E-state index contributed by atoms with van der Waals surface area (Å²) in [5, 5.41) is 14.8. The van der Waals surface area contributed by atoms with Gasteiger partial charge in [-0.25, -0.2) is 4.79 Å². The number of esters is 1. The molecule has 2 rings (SSSR count). The van der Waals surface area contributed by atoms with Crippen molar-refractivity contribution < 1.29 is 29.0 Å². The molecule has 0 aliphatic carbocycles. The van der Waals surface area contributed by atoms with Gasteiger partial charge in [0.1, 0.15) is 11.6 Å². The van der Waals surface area contributed by atoms with E-state index in [-0.39, 0.29) is 42.5 Å². The second kappa shape index (κ2) is 12.6. The average Bonchev–Trinajstić information content (AvgIpc) is 2.79. The summed E-state index contributed by atoms with van der Waals surface area (Å²) in [5.74, 6) is -1.74. The smallest absolute Gasteiger partial charge is 0.315 e. The third-order valence-corrected chi connectivity index (χ3v) is 6.89. The molecule has 0 radical (unpaired) electrons. The zero-order valence-electron chi connectivity index (χ0n) is 22.6. The zero-order valence-corrected chi connectivity index (χ0v) is 23.4. The van der Waals surface area contributed by atoms with Crippen LogP contribution in [-0.4, -0.2) is 65.2 Å². The van der Waals surface area contributed by atoms with Gasteiger partial charge in [0, 0.05) is 18.1 Å². The van der Waals surface area contributed by atoms with Gasteiger partial charge in [0.2, 0.25) is 5.91 Å². The minimum Gasteiger partial charge on any atom is -0.481 e. The molecule has 1 aliphatic heterocycles. The van der Waals surface area contributed by atoms with Crippen molar-refractivity contribution in [2.24, 2.45) is 11.3 Å². The quantitative estimate of drug-likeness (QED) is 0.384. The average molecular weight is 538 g/mol. The number of piperidine rings is 1. The molecule has 3 N–H and O–H groups in total. The van der Waals surface area contributed by atoms with Crippen LogP contribution < -0.4 is 10.6 Å². The molecule has 1 heterocycles. The van der Waals surface area contributed by atoms with Gasteiger partial charge in [0.15, 0.2) is 0 Å². The molecule has 0 aromatic heterocycles. The number of carboxylic acids is 1. The predicted octanol–water partition coefficient (Wildman–Crippen LogP) is 4.19.